The van der Waals surface area contributed by atoms with Gasteiger partial charge in [0.2, 0.25) is 5.91 Å². The normalized spacial score (nSPS) is 13.1. The molecule has 0 saturated carbocycles. The van der Waals surface area contributed by atoms with Crippen molar-refractivity contribution in [2.24, 2.45) is 0 Å². The maximum absolute atomic E-state index is 12.4. The Hall–Kier alpha value is -3.39. The molecule has 3 N–H and O–H groups in total. The molecule has 2 amide bonds. The fourth-order valence-electron chi connectivity index (χ4n) is 3.71. The van der Waals surface area contributed by atoms with Crippen LogP contribution < -0.4 is 10.6 Å². The van der Waals surface area contributed by atoms with Crippen LogP contribution in [0.25, 0.3) is 11.1 Å². The number of amides is 2. The van der Waals surface area contributed by atoms with E-state index in [1.54, 1.807) is 0 Å². The minimum Gasteiger partial charge on any atom is -0.481 e. The number of nitrogens with one attached hydrogen (secondary N) is 2. The number of hydrogen-bond donors (Lipinski definition) is 3. The van der Waals surface area contributed by atoms with E-state index in [0.717, 1.165) is 22.3 Å². The topological polar surface area (TPSA) is 114 Å². The summed E-state index contributed by atoms with van der Waals surface area (Å²) in [6.45, 7) is 0.298. The minimum absolute atomic E-state index is 0.0328. The fourth-order valence-corrected chi connectivity index (χ4v) is 3.71. The van der Waals surface area contributed by atoms with E-state index in [9.17, 15) is 14.4 Å². The van der Waals surface area contributed by atoms with Crippen LogP contribution in [0.15, 0.2) is 48.5 Å². The van der Waals surface area contributed by atoms with Crippen molar-refractivity contribution in [1.29, 1.82) is 0 Å². The van der Waals surface area contributed by atoms with Crippen molar-refractivity contribution in [2.75, 3.05) is 26.9 Å². The van der Waals surface area contributed by atoms with Crippen LogP contribution in [0.5, 0.6) is 0 Å². The lowest BCUT2D eigenvalue weighted by molar-refractivity contribution is -0.137. The number of carboxylic acid groups (broad SMARTS) is 1. The molecule has 1 aliphatic carbocycles. The Balaban J connectivity index is 1.57. The maximum atomic E-state index is 12.4. The second-order valence-corrected chi connectivity index (χ2v) is 7.27. The van der Waals surface area contributed by atoms with Crippen molar-refractivity contribution < 1.29 is 29.0 Å². The molecule has 0 heterocycles. The molecule has 2 aromatic rings. The highest BCUT2D eigenvalue weighted by Gasteiger charge is 2.29. The van der Waals surface area contributed by atoms with Gasteiger partial charge in [0, 0.05) is 26.0 Å². The summed E-state index contributed by atoms with van der Waals surface area (Å²) >= 11 is 0. The van der Waals surface area contributed by atoms with Gasteiger partial charge in [-0.3, -0.25) is 9.59 Å². The second-order valence-electron chi connectivity index (χ2n) is 7.27. The summed E-state index contributed by atoms with van der Waals surface area (Å²) in [5, 5.41) is 13.8. The summed E-state index contributed by atoms with van der Waals surface area (Å²) in [7, 11) is 1.42. The van der Waals surface area contributed by atoms with Gasteiger partial charge in [-0.2, -0.15) is 0 Å². The number of carbonyl (C=O) groups is 3. The third-order valence-corrected chi connectivity index (χ3v) is 5.15. The first kappa shape index (κ1) is 22.3. The van der Waals surface area contributed by atoms with E-state index in [1.807, 2.05) is 36.4 Å². The van der Waals surface area contributed by atoms with Crippen LogP contribution in [0.4, 0.5) is 4.79 Å². The third-order valence-electron chi connectivity index (χ3n) is 5.15. The number of ether oxygens (including phenoxy) is 2. The number of carboxylic acids is 1. The third kappa shape index (κ3) is 5.61. The maximum Gasteiger partial charge on any atom is 0.407 e. The summed E-state index contributed by atoms with van der Waals surface area (Å²) in [5.41, 5.74) is 4.46. The molecule has 0 bridgehead atoms. The predicted molar refractivity (Wildman–Crippen MR) is 114 cm³/mol. The Bertz CT molecular complexity index is 900. The van der Waals surface area contributed by atoms with Crippen LogP contribution in [-0.2, 0) is 19.1 Å². The molecule has 0 saturated heterocycles. The average Bonchev–Trinajstić information content (AvgIpc) is 3.08. The molecule has 1 unspecified atom stereocenters. The molecule has 0 radical (unpaired) electrons. The van der Waals surface area contributed by atoms with Gasteiger partial charge < -0.3 is 25.2 Å². The van der Waals surface area contributed by atoms with Gasteiger partial charge in [-0.05, 0) is 28.7 Å². The molecular weight excluding hydrogens is 400 g/mol. The van der Waals surface area contributed by atoms with Crippen molar-refractivity contribution in [2.45, 2.75) is 24.8 Å². The number of rotatable bonds is 10. The molecule has 8 nitrogen and oxygen atoms in total. The summed E-state index contributed by atoms with van der Waals surface area (Å²) in [6, 6.07) is 15.1. The van der Waals surface area contributed by atoms with E-state index in [4.69, 9.17) is 14.6 Å². The van der Waals surface area contributed by atoms with E-state index in [1.165, 1.54) is 7.11 Å². The van der Waals surface area contributed by atoms with Gasteiger partial charge >= 0.3 is 12.1 Å². The standard InChI is InChI=1S/C23H26N2O6/c1-30-14-20(22(28)24-12-6-11-21(26)27)25-23(29)31-13-19-17-9-4-2-7-15(17)16-8-3-5-10-18(16)19/h2-5,7-10,19-20H,6,11-14H2,1H3,(H,24,28)(H,25,29)(H,26,27). The van der Waals surface area contributed by atoms with Gasteiger partial charge in [0.25, 0.3) is 0 Å². The number of aliphatic carboxylic acids is 1. The van der Waals surface area contributed by atoms with Gasteiger partial charge in [0.05, 0.1) is 6.61 Å². The lowest BCUT2D eigenvalue weighted by Gasteiger charge is -2.19. The van der Waals surface area contributed by atoms with Crippen molar-refractivity contribution in [1.82, 2.24) is 10.6 Å². The highest BCUT2D eigenvalue weighted by atomic mass is 16.5. The smallest absolute Gasteiger partial charge is 0.407 e. The van der Waals surface area contributed by atoms with Crippen LogP contribution >= 0.6 is 0 Å². The van der Waals surface area contributed by atoms with Gasteiger partial charge in [0.1, 0.15) is 12.6 Å². The number of fused-ring (bicyclic) bond motifs is 3. The molecule has 8 heteroatoms. The second kappa shape index (κ2) is 10.6. The zero-order valence-corrected chi connectivity index (χ0v) is 17.3. The van der Waals surface area contributed by atoms with Crippen LogP contribution in [0.2, 0.25) is 0 Å². The highest BCUT2D eigenvalue weighted by molar-refractivity contribution is 5.86. The van der Waals surface area contributed by atoms with Gasteiger partial charge in [-0.1, -0.05) is 48.5 Å². The summed E-state index contributed by atoms with van der Waals surface area (Å²) in [5.74, 6) is -1.47. The van der Waals surface area contributed by atoms with Crippen LogP contribution in [0.1, 0.15) is 29.9 Å². The van der Waals surface area contributed by atoms with Crippen molar-refractivity contribution in [3.8, 4) is 11.1 Å². The van der Waals surface area contributed by atoms with Crippen LogP contribution in [0.3, 0.4) is 0 Å². The molecule has 0 aromatic heterocycles. The average molecular weight is 426 g/mol. The molecule has 164 valence electrons. The highest BCUT2D eigenvalue weighted by Crippen LogP contribution is 2.44. The molecule has 0 fully saturated rings. The Kier molecular flexibility index (Phi) is 7.61. The molecule has 3 rings (SSSR count). The fraction of sp³-hybridized carbons (Fsp3) is 0.348. The number of hydrogen-bond acceptors (Lipinski definition) is 5. The van der Waals surface area contributed by atoms with E-state index in [-0.39, 0.29) is 32.1 Å². The Labute approximate surface area is 180 Å². The monoisotopic (exact) mass is 426 g/mol. The molecule has 31 heavy (non-hydrogen) atoms. The molecule has 0 aliphatic heterocycles. The SMILES string of the molecule is COCC(NC(=O)OCC1c2ccccc2-c2ccccc21)C(=O)NCCCC(=O)O. The van der Waals surface area contributed by atoms with Gasteiger partial charge in [0.15, 0.2) is 0 Å². The van der Waals surface area contributed by atoms with Gasteiger partial charge in [-0.15, -0.1) is 0 Å². The van der Waals surface area contributed by atoms with Crippen molar-refractivity contribution >= 4 is 18.0 Å². The summed E-state index contributed by atoms with van der Waals surface area (Å²) in [4.78, 5) is 35.2. The Morgan fingerprint density at radius 1 is 1.03 bits per heavy atom. The number of benzene rings is 2. The molecule has 1 aliphatic rings. The zero-order valence-electron chi connectivity index (χ0n) is 17.3. The lowest BCUT2D eigenvalue weighted by Crippen LogP contribution is -2.49. The number of carbonyl (C=O) groups excluding carboxylic acids is 2. The van der Waals surface area contributed by atoms with E-state index in [2.05, 4.69) is 22.8 Å². The molecule has 2 aromatic carbocycles. The van der Waals surface area contributed by atoms with E-state index < -0.39 is 24.0 Å². The number of methoxy groups -OCH3 is 1. The van der Waals surface area contributed by atoms with E-state index >= 15 is 0 Å². The van der Waals surface area contributed by atoms with E-state index in [0.29, 0.717) is 6.42 Å². The molecule has 0 spiro atoms. The number of alkyl carbamates (subject to hydrolysis) is 1. The predicted octanol–water partition coefficient (Wildman–Crippen LogP) is 2.52. The van der Waals surface area contributed by atoms with Crippen LogP contribution in [-0.4, -0.2) is 56.0 Å². The van der Waals surface area contributed by atoms with Crippen LogP contribution in [0, 0.1) is 0 Å². The molecule has 1 atom stereocenters. The first-order chi connectivity index (χ1) is 15.0. The Morgan fingerprint density at radius 3 is 2.23 bits per heavy atom. The van der Waals surface area contributed by atoms with Gasteiger partial charge in [-0.25, -0.2) is 4.79 Å². The first-order valence-corrected chi connectivity index (χ1v) is 10.1. The van der Waals surface area contributed by atoms with Crippen molar-refractivity contribution in [3.05, 3.63) is 59.7 Å². The van der Waals surface area contributed by atoms with Crippen molar-refractivity contribution in [3.63, 3.8) is 0 Å². The largest absolute Gasteiger partial charge is 0.481 e. The summed E-state index contributed by atoms with van der Waals surface area (Å²) in [6.07, 6.45) is -0.467. The summed E-state index contributed by atoms with van der Waals surface area (Å²) < 4.78 is 10.5. The quantitative estimate of drug-likeness (QED) is 0.503. The molecular formula is C23H26N2O6. The first-order valence-electron chi connectivity index (χ1n) is 10.1. The Morgan fingerprint density at radius 2 is 1.65 bits per heavy atom. The lowest BCUT2D eigenvalue weighted by atomic mass is 9.98. The minimum atomic E-state index is -0.939. The zero-order chi connectivity index (χ0) is 22.2.